The Labute approximate surface area is 166 Å². The highest BCUT2D eigenvalue weighted by molar-refractivity contribution is 5.99. The summed E-state index contributed by atoms with van der Waals surface area (Å²) in [6, 6.07) is 6.03. The molecule has 7 heteroatoms. The maximum Gasteiger partial charge on any atom is 0.308 e. The van der Waals surface area contributed by atoms with E-state index in [4.69, 9.17) is 9.47 Å². The first-order chi connectivity index (χ1) is 13.6. The number of nitrogens with zero attached hydrogens (tertiary/aromatic N) is 1. The molecule has 1 heterocycles. The molecule has 1 N–H and O–H groups in total. The summed E-state index contributed by atoms with van der Waals surface area (Å²) in [5.41, 5.74) is 0.460. The molecule has 0 saturated carbocycles. The van der Waals surface area contributed by atoms with Crippen LogP contribution in [0.2, 0.25) is 0 Å². The van der Waals surface area contributed by atoms with Gasteiger partial charge in [-0.1, -0.05) is 26.7 Å². The molecule has 2 amide bonds. The van der Waals surface area contributed by atoms with E-state index in [0.717, 1.165) is 25.7 Å². The number of hydrogen-bond donors (Lipinski definition) is 1. The van der Waals surface area contributed by atoms with Gasteiger partial charge in [0.25, 0.3) is 5.91 Å². The molecular weight excluding hydrogens is 360 g/mol. The molecule has 28 heavy (non-hydrogen) atoms. The first-order valence-electron chi connectivity index (χ1n) is 10.0. The summed E-state index contributed by atoms with van der Waals surface area (Å²) in [6.45, 7) is 5.78. The molecule has 0 aromatic heterocycles. The molecule has 1 aliphatic heterocycles. The lowest BCUT2D eigenvalue weighted by atomic mass is 10.1. The monoisotopic (exact) mass is 390 g/mol. The predicted octanol–water partition coefficient (Wildman–Crippen LogP) is 2.54. The van der Waals surface area contributed by atoms with Crippen LogP contribution in [0.1, 0.15) is 56.3 Å². The molecule has 1 fully saturated rings. The zero-order valence-electron chi connectivity index (χ0n) is 16.7. The number of nitrogens with one attached hydrogen (secondary N) is 1. The summed E-state index contributed by atoms with van der Waals surface area (Å²) in [6.07, 6.45) is 3.58. The van der Waals surface area contributed by atoms with Crippen LogP contribution in [0.5, 0.6) is 5.75 Å². The SMILES string of the molecule is CCCCOC(=O)CC1C(=O)NCCN1C(=O)c1ccc(OCCCC)cc1. The van der Waals surface area contributed by atoms with Crippen molar-refractivity contribution >= 4 is 17.8 Å². The van der Waals surface area contributed by atoms with E-state index in [1.165, 1.54) is 4.90 Å². The molecule has 1 aliphatic rings. The van der Waals surface area contributed by atoms with E-state index in [-0.39, 0.29) is 18.2 Å². The first-order valence-corrected chi connectivity index (χ1v) is 10.0. The minimum Gasteiger partial charge on any atom is -0.494 e. The average Bonchev–Trinajstić information content (AvgIpc) is 2.70. The summed E-state index contributed by atoms with van der Waals surface area (Å²) in [5, 5.41) is 2.72. The van der Waals surface area contributed by atoms with Gasteiger partial charge < -0.3 is 19.7 Å². The molecule has 154 valence electrons. The summed E-state index contributed by atoms with van der Waals surface area (Å²) < 4.78 is 10.8. The minimum absolute atomic E-state index is 0.139. The van der Waals surface area contributed by atoms with Crippen LogP contribution in [0.15, 0.2) is 24.3 Å². The molecule has 1 aromatic rings. The number of esters is 1. The van der Waals surface area contributed by atoms with Gasteiger partial charge >= 0.3 is 5.97 Å². The van der Waals surface area contributed by atoms with Crippen molar-refractivity contribution in [2.45, 2.75) is 52.0 Å². The second-order valence-electron chi connectivity index (χ2n) is 6.81. The van der Waals surface area contributed by atoms with Crippen LogP contribution in [-0.2, 0) is 14.3 Å². The first kappa shape index (κ1) is 21.7. The number of ether oxygens (including phenoxy) is 2. The second-order valence-corrected chi connectivity index (χ2v) is 6.81. The third kappa shape index (κ3) is 6.25. The van der Waals surface area contributed by atoms with Crippen molar-refractivity contribution in [1.82, 2.24) is 10.2 Å². The molecule has 2 rings (SSSR count). The standard InChI is InChI=1S/C21H30N2O5/c1-3-5-13-27-17-9-7-16(8-10-17)21(26)23-12-11-22-20(25)18(23)15-19(24)28-14-6-4-2/h7-10,18H,3-6,11-15H2,1-2H3,(H,22,25). The normalized spacial score (nSPS) is 16.4. The van der Waals surface area contributed by atoms with Gasteiger partial charge in [0, 0.05) is 18.7 Å². The van der Waals surface area contributed by atoms with E-state index in [2.05, 4.69) is 12.2 Å². The van der Waals surface area contributed by atoms with Crippen molar-refractivity contribution in [3.8, 4) is 5.75 Å². The smallest absolute Gasteiger partial charge is 0.308 e. The Balaban J connectivity index is 2.02. The molecule has 1 saturated heterocycles. The van der Waals surface area contributed by atoms with E-state index in [9.17, 15) is 14.4 Å². The Hall–Kier alpha value is -2.57. The van der Waals surface area contributed by atoms with Crippen LogP contribution in [0.25, 0.3) is 0 Å². The second kappa shape index (κ2) is 11.3. The van der Waals surface area contributed by atoms with E-state index < -0.39 is 12.0 Å². The summed E-state index contributed by atoms with van der Waals surface area (Å²) in [4.78, 5) is 38.7. The van der Waals surface area contributed by atoms with Gasteiger partial charge in [-0.3, -0.25) is 14.4 Å². The van der Waals surface area contributed by atoms with Crippen LogP contribution in [-0.4, -0.2) is 55.0 Å². The van der Waals surface area contributed by atoms with Crippen molar-refractivity contribution in [3.05, 3.63) is 29.8 Å². The van der Waals surface area contributed by atoms with Gasteiger partial charge in [-0.25, -0.2) is 0 Å². The number of rotatable bonds is 10. The van der Waals surface area contributed by atoms with Gasteiger partial charge in [0.15, 0.2) is 0 Å². The molecule has 0 bridgehead atoms. The van der Waals surface area contributed by atoms with Crippen LogP contribution in [0, 0.1) is 0 Å². The van der Waals surface area contributed by atoms with Crippen LogP contribution >= 0.6 is 0 Å². The number of amides is 2. The highest BCUT2D eigenvalue weighted by Gasteiger charge is 2.35. The van der Waals surface area contributed by atoms with Gasteiger partial charge in [0.2, 0.25) is 5.91 Å². The Kier molecular flexibility index (Phi) is 8.78. The zero-order chi connectivity index (χ0) is 20.4. The van der Waals surface area contributed by atoms with Crippen molar-refractivity contribution < 1.29 is 23.9 Å². The number of carbonyl (C=O) groups is 3. The lowest BCUT2D eigenvalue weighted by Crippen LogP contribution is -2.57. The molecule has 1 aromatic carbocycles. The van der Waals surface area contributed by atoms with Crippen LogP contribution in [0.4, 0.5) is 0 Å². The Morgan fingerprint density at radius 2 is 1.79 bits per heavy atom. The maximum atomic E-state index is 12.9. The van der Waals surface area contributed by atoms with Gasteiger partial charge in [-0.05, 0) is 37.1 Å². The molecular formula is C21H30N2O5. The molecule has 0 radical (unpaired) electrons. The van der Waals surface area contributed by atoms with E-state index >= 15 is 0 Å². The van der Waals surface area contributed by atoms with Crippen LogP contribution < -0.4 is 10.1 Å². The third-order valence-electron chi connectivity index (χ3n) is 4.58. The molecule has 0 spiro atoms. The van der Waals surface area contributed by atoms with E-state index in [1.54, 1.807) is 24.3 Å². The van der Waals surface area contributed by atoms with E-state index in [0.29, 0.717) is 37.6 Å². The molecule has 7 nitrogen and oxygen atoms in total. The zero-order valence-corrected chi connectivity index (χ0v) is 16.7. The summed E-state index contributed by atoms with van der Waals surface area (Å²) in [7, 11) is 0. The number of benzene rings is 1. The molecule has 1 atom stereocenters. The van der Waals surface area contributed by atoms with Crippen LogP contribution in [0.3, 0.4) is 0 Å². The predicted molar refractivity (Wildman–Crippen MR) is 105 cm³/mol. The number of unbranched alkanes of at least 4 members (excludes halogenated alkanes) is 2. The van der Waals surface area contributed by atoms with Gasteiger partial charge in [-0.2, -0.15) is 0 Å². The maximum absolute atomic E-state index is 12.9. The average molecular weight is 390 g/mol. The Morgan fingerprint density at radius 3 is 2.46 bits per heavy atom. The quantitative estimate of drug-likeness (QED) is 0.490. The Bertz CT molecular complexity index is 659. The van der Waals surface area contributed by atoms with E-state index in [1.807, 2.05) is 6.92 Å². The van der Waals surface area contributed by atoms with Crippen molar-refractivity contribution in [2.24, 2.45) is 0 Å². The number of piperazine rings is 1. The van der Waals surface area contributed by atoms with Gasteiger partial charge in [0.1, 0.15) is 11.8 Å². The van der Waals surface area contributed by atoms with Crippen molar-refractivity contribution in [2.75, 3.05) is 26.3 Å². The number of hydrogen-bond acceptors (Lipinski definition) is 5. The fourth-order valence-electron chi connectivity index (χ4n) is 2.90. The summed E-state index contributed by atoms with van der Waals surface area (Å²) >= 11 is 0. The lowest BCUT2D eigenvalue weighted by Gasteiger charge is -2.34. The minimum atomic E-state index is -0.851. The molecule has 0 aliphatic carbocycles. The Morgan fingerprint density at radius 1 is 1.11 bits per heavy atom. The van der Waals surface area contributed by atoms with Crippen molar-refractivity contribution in [3.63, 3.8) is 0 Å². The van der Waals surface area contributed by atoms with Gasteiger partial charge in [0.05, 0.1) is 19.6 Å². The summed E-state index contributed by atoms with van der Waals surface area (Å²) in [5.74, 6) is -0.363. The lowest BCUT2D eigenvalue weighted by molar-refractivity contribution is -0.147. The highest BCUT2D eigenvalue weighted by atomic mass is 16.5. The third-order valence-corrected chi connectivity index (χ3v) is 4.58. The van der Waals surface area contributed by atoms with Crippen molar-refractivity contribution in [1.29, 1.82) is 0 Å². The fraction of sp³-hybridized carbons (Fsp3) is 0.571. The highest BCUT2D eigenvalue weighted by Crippen LogP contribution is 2.18. The largest absolute Gasteiger partial charge is 0.494 e. The topological polar surface area (TPSA) is 84.9 Å². The number of carbonyl (C=O) groups excluding carboxylic acids is 3. The van der Waals surface area contributed by atoms with Gasteiger partial charge in [-0.15, -0.1) is 0 Å². The molecule has 1 unspecified atom stereocenters. The fourth-order valence-corrected chi connectivity index (χ4v) is 2.90.